The maximum Gasteiger partial charge on any atom is 0.235 e. The fourth-order valence-electron chi connectivity index (χ4n) is 2.22. The zero-order valence-corrected chi connectivity index (χ0v) is 11.5. The van der Waals surface area contributed by atoms with E-state index in [1.807, 2.05) is 13.0 Å². The summed E-state index contributed by atoms with van der Waals surface area (Å²) in [6.07, 6.45) is 0. The summed E-state index contributed by atoms with van der Waals surface area (Å²) in [5.41, 5.74) is 0.604. The van der Waals surface area contributed by atoms with Gasteiger partial charge in [-0.3, -0.25) is 4.79 Å². The lowest BCUT2D eigenvalue weighted by Crippen LogP contribution is -2.02. The van der Waals surface area contributed by atoms with E-state index in [-0.39, 0.29) is 11.5 Å². The summed E-state index contributed by atoms with van der Waals surface area (Å²) in [7, 11) is 0. The molecule has 0 unspecified atom stereocenters. The molecule has 0 fully saturated rings. The molecular formula is C17H14O4. The lowest BCUT2D eigenvalue weighted by molar-refractivity contribution is 0.340. The number of benzene rings is 2. The molecule has 3 rings (SSSR count). The zero-order chi connectivity index (χ0) is 14.8. The van der Waals surface area contributed by atoms with Crippen LogP contribution < -0.4 is 10.2 Å². The molecule has 0 aliphatic heterocycles. The van der Waals surface area contributed by atoms with Crippen molar-refractivity contribution in [3.05, 3.63) is 58.8 Å². The number of hydrogen-bond donors (Lipinski definition) is 1. The Morgan fingerprint density at radius 2 is 1.95 bits per heavy atom. The topological polar surface area (TPSA) is 59.7 Å². The van der Waals surface area contributed by atoms with Gasteiger partial charge >= 0.3 is 0 Å². The van der Waals surface area contributed by atoms with Crippen molar-refractivity contribution in [2.75, 3.05) is 6.61 Å². The van der Waals surface area contributed by atoms with Gasteiger partial charge in [0.25, 0.3) is 0 Å². The molecule has 0 aliphatic carbocycles. The third-order valence-electron chi connectivity index (χ3n) is 3.18. The Morgan fingerprint density at radius 1 is 1.14 bits per heavy atom. The molecule has 0 saturated carbocycles. The zero-order valence-electron chi connectivity index (χ0n) is 11.5. The van der Waals surface area contributed by atoms with Crippen molar-refractivity contribution in [3.8, 4) is 22.8 Å². The van der Waals surface area contributed by atoms with Crippen LogP contribution >= 0.6 is 0 Å². The van der Waals surface area contributed by atoms with E-state index in [4.69, 9.17) is 9.15 Å². The molecule has 0 aliphatic rings. The second kappa shape index (κ2) is 5.32. The highest BCUT2D eigenvalue weighted by Gasteiger charge is 2.15. The number of aromatic hydroxyl groups is 1. The van der Waals surface area contributed by atoms with Crippen LogP contribution in [0.2, 0.25) is 0 Å². The summed E-state index contributed by atoms with van der Waals surface area (Å²) in [5, 5.41) is 10.5. The van der Waals surface area contributed by atoms with Crippen molar-refractivity contribution in [1.82, 2.24) is 0 Å². The Morgan fingerprint density at radius 3 is 2.76 bits per heavy atom. The third kappa shape index (κ3) is 2.36. The van der Waals surface area contributed by atoms with E-state index < -0.39 is 5.43 Å². The Labute approximate surface area is 121 Å². The minimum Gasteiger partial charge on any atom is -0.502 e. The van der Waals surface area contributed by atoms with Gasteiger partial charge < -0.3 is 14.3 Å². The van der Waals surface area contributed by atoms with Crippen LogP contribution in [0, 0.1) is 0 Å². The number of hydrogen-bond acceptors (Lipinski definition) is 4. The van der Waals surface area contributed by atoms with Gasteiger partial charge in [-0.1, -0.05) is 24.3 Å². The summed E-state index contributed by atoms with van der Waals surface area (Å²) in [6.45, 7) is 2.43. The van der Waals surface area contributed by atoms with E-state index >= 15 is 0 Å². The second-order valence-electron chi connectivity index (χ2n) is 4.57. The van der Waals surface area contributed by atoms with E-state index in [0.717, 1.165) is 0 Å². The number of ether oxygens (including phenoxy) is 1. The monoisotopic (exact) mass is 282 g/mol. The first kappa shape index (κ1) is 13.2. The first-order chi connectivity index (χ1) is 10.2. The van der Waals surface area contributed by atoms with Crippen molar-refractivity contribution in [2.45, 2.75) is 6.92 Å². The van der Waals surface area contributed by atoms with Gasteiger partial charge in [-0.05, 0) is 31.2 Å². The van der Waals surface area contributed by atoms with Crippen molar-refractivity contribution in [1.29, 1.82) is 0 Å². The van der Waals surface area contributed by atoms with E-state index in [1.54, 1.807) is 42.5 Å². The first-order valence-corrected chi connectivity index (χ1v) is 6.68. The molecule has 0 saturated heterocycles. The molecule has 0 amide bonds. The lowest BCUT2D eigenvalue weighted by atomic mass is 10.1. The Balaban J connectivity index is 2.23. The highest BCUT2D eigenvalue weighted by Crippen LogP contribution is 2.31. The number of rotatable bonds is 3. The SMILES string of the molecule is CCOc1cccc(-c2oc3ccccc3c(=O)c2O)c1. The standard InChI is InChI=1S/C17H14O4/c1-2-20-12-7-5-6-11(10-12)17-16(19)15(18)13-8-3-4-9-14(13)21-17/h3-10,19H,2H2,1H3. The van der Waals surface area contributed by atoms with Gasteiger partial charge in [0.05, 0.1) is 12.0 Å². The molecule has 106 valence electrons. The molecule has 4 heteroatoms. The predicted octanol–water partition coefficient (Wildman–Crippen LogP) is 3.56. The third-order valence-corrected chi connectivity index (χ3v) is 3.18. The van der Waals surface area contributed by atoms with Crippen LogP contribution in [-0.4, -0.2) is 11.7 Å². The van der Waals surface area contributed by atoms with Crippen molar-refractivity contribution < 1.29 is 14.3 Å². The molecule has 0 spiro atoms. The van der Waals surface area contributed by atoms with Gasteiger partial charge in [-0.15, -0.1) is 0 Å². The molecule has 1 N–H and O–H groups in total. The van der Waals surface area contributed by atoms with Crippen LogP contribution in [0.4, 0.5) is 0 Å². The molecule has 0 radical (unpaired) electrons. The van der Waals surface area contributed by atoms with Crippen molar-refractivity contribution in [2.24, 2.45) is 0 Å². The summed E-state index contributed by atoms with van der Waals surface area (Å²) >= 11 is 0. The van der Waals surface area contributed by atoms with Crippen LogP contribution in [0.3, 0.4) is 0 Å². The van der Waals surface area contributed by atoms with Crippen LogP contribution in [0.5, 0.6) is 11.5 Å². The number of para-hydroxylation sites is 1. The molecule has 4 nitrogen and oxygen atoms in total. The summed E-state index contributed by atoms with van der Waals surface area (Å²) < 4.78 is 11.1. The average molecular weight is 282 g/mol. The fourth-order valence-corrected chi connectivity index (χ4v) is 2.22. The van der Waals surface area contributed by atoms with Gasteiger partial charge in [0, 0.05) is 5.56 Å². The summed E-state index contributed by atoms with van der Waals surface area (Å²) in [6, 6.07) is 13.9. The smallest absolute Gasteiger partial charge is 0.235 e. The minimum atomic E-state index is -0.436. The second-order valence-corrected chi connectivity index (χ2v) is 4.57. The quantitative estimate of drug-likeness (QED) is 0.798. The summed E-state index contributed by atoms with van der Waals surface area (Å²) in [5.74, 6) is 0.424. The summed E-state index contributed by atoms with van der Waals surface area (Å²) in [4.78, 5) is 12.2. The normalized spacial score (nSPS) is 10.7. The van der Waals surface area contributed by atoms with Gasteiger partial charge in [0.1, 0.15) is 11.3 Å². The molecule has 1 heterocycles. The molecular weight excluding hydrogens is 268 g/mol. The molecule has 21 heavy (non-hydrogen) atoms. The van der Waals surface area contributed by atoms with E-state index in [2.05, 4.69) is 0 Å². The van der Waals surface area contributed by atoms with Crippen molar-refractivity contribution >= 4 is 11.0 Å². The molecule has 0 atom stereocenters. The lowest BCUT2D eigenvalue weighted by Gasteiger charge is -2.08. The molecule has 2 aromatic carbocycles. The van der Waals surface area contributed by atoms with Crippen molar-refractivity contribution in [3.63, 3.8) is 0 Å². The first-order valence-electron chi connectivity index (χ1n) is 6.68. The Kier molecular flexibility index (Phi) is 3.36. The van der Waals surface area contributed by atoms with E-state index in [1.165, 1.54) is 0 Å². The minimum absolute atomic E-state index is 0.153. The number of fused-ring (bicyclic) bond motifs is 1. The highest BCUT2D eigenvalue weighted by molar-refractivity contribution is 5.81. The fraction of sp³-hybridized carbons (Fsp3) is 0.118. The molecule has 3 aromatic rings. The molecule has 0 bridgehead atoms. The van der Waals surface area contributed by atoms with Crippen LogP contribution in [0.25, 0.3) is 22.3 Å². The predicted molar refractivity (Wildman–Crippen MR) is 80.8 cm³/mol. The maximum atomic E-state index is 12.2. The van der Waals surface area contributed by atoms with Gasteiger partial charge in [-0.25, -0.2) is 0 Å². The van der Waals surface area contributed by atoms with Gasteiger partial charge in [0.2, 0.25) is 11.2 Å². The average Bonchev–Trinajstić information content (AvgIpc) is 2.51. The van der Waals surface area contributed by atoms with E-state index in [9.17, 15) is 9.90 Å². The van der Waals surface area contributed by atoms with Crippen LogP contribution in [-0.2, 0) is 0 Å². The van der Waals surface area contributed by atoms with E-state index in [0.29, 0.717) is 28.9 Å². The Bertz CT molecular complexity index is 849. The highest BCUT2D eigenvalue weighted by atomic mass is 16.5. The van der Waals surface area contributed by atoms with Crippen LogP contribution in [0.15, 0.2) is 57.7 Å². The van der Waals surface area contributed by atoms with Gasteiger partial charge in [-0.2, -0.15) is 0 Å². The van der Waals surface area contributed by atoms with Gasteiger partial charge in [0.15, 0.2) is 5.76 Å². The largest absolute Gasteiger partial charge is 0.502 e. The molecule has 1 aromatic heterocycles. The Hall–Kier alpha value is -2.75. The van der Waals surface area contributed by atoms with Crippen LogP contribution in [0.1, 0.15) is 6.92 Å². The maximum absolute atomic E-state index is 12.2.